The maximum Gasteiger partial charge on any atom is 0.175 e. The van der Waals surface area contributed by atoms with E-state index in [9.17, 15) is 8.42 Å². The average Bonchev–Trinajstić information content (AvgIpc) is 3.17. The number of alkyl halides is 1. The number of nitrogens with zero attached hydrogens (tertiary/aromatic N) is 3. The molecule has 1 fully saturated rings. The first-order chi connectivity index (χ1) is 9.50. The first-order valence-electron chi connectivity index (χ1n) is 6.31. The molecule has 1 heterocycles. The van der Waals surface area contributed by atoms with Gasteiger partial charge in [0.1, 0.15) is 5.82 Å². The van der Waals surface area contributed by atoms with Gasteiger partial charge < -0.3 is 4.57 Å². The van der Waals surface area contributed by atoms with E-state index in [0.29, 0.717) is 16.3 Å². The number of sulfone groups is 1. The quantitative estimate of drug-likeness (QED) is 0.790. The Morgan fingerprint density at radius 3 is 2.70 bits per heavy atom. The van der Waals surface area contributed by atoms with Crippen molar-refractivity contribution in [2.24, 2.45) is 0 Å². The summed E-state index contributed by atoms with van der Waals surface area (Å²) in [6.07, 6.45) is 3.45. The molecule has 0 amide bonds. The SMILES string of the molecule is CS(=O)(=O)c1cccc(-c2nnc(CBr)n2C2CC2)c1. The fourth-order valence-electron chi connectivity index (χ4n) is 2.19. The molecule has 7 heteroatoms. The lowest BCUT2D eigenvalue weighted by Crippen LogP contribution is -2.03. The van der Waals surface area contributed by atoms with Crippen molar-refractivity contribution >= 4 is 25.8 Å². The zero-order valence-corrected chi connectivity index (χ0v) is 13.4. The third-order valence-electron chi connectivity index (χ3n) is 3.32. The van der Waals surface area contributed by atoms with Gasteiger partial charge in [0, 0.05) is 17.9 Å². The summed E-state index contributed by atoms with van der Waals surface area (Å²) < 4.78 is 25.4. The largest absolute Gasteiger partial charge is 0.307 e. The maximum atomic E-state index is 11.7. The highest BCUT2D eigenvalue weighted by atomic mass is 79.9. The van der Waals surface area contributed by atoms with E-state index < -0.39 is 9.84 Å². The molecule has 1 aliphatic carbocycles. The van der Waals surface area contributed by atoms with Gasteiger partial charge in [0.2, 0.25) is 0 Å². The molecular formula is C13H14BrN3O2S. The Morgan fingerprint density at radius 2 is 2.10 bits per heavy atom. The van der Waals surface area contributed by atoms with Crippen molar-refractivity contribution in [3.05, 3.63) is 30.1 Å². The van der Waals surface area contributed by atoms with Crippen LogP contribution in [0, 0.1) is 0 Å². The molecule has 1 saturated carbocycles. The predicted octanol–water partition coefficient (Wildman–Crippen LogP) is 2.58. The molecule has 0 atom stereocenters. The minimum atomic E-state index is -3.22. The number of hydrogen-bond acceptors (Lipinski definition) is 4. The maximum absolute atomic E-state index is 11.7. The second kappa shape index (κ2) is 4.96. The summed E-state index contributed by atoms with van der Waals surface area (Å²) in [4.78, 5) is 0.306. The van der Waals surface area contributed by atoms with Gasteiger partial charge >= 0.3 is 0 Å². The highest BCUT2D eigenvalue weighted by molar-refractivity contribution is 9.08. The van der Waals surface area contributed by atoms with Gasteiger partial charge in [0.15, 0.2) is 15.7 Å². The third kappa shape index (κ3) is 2.52. The van der Waals surface area contributed by atoms with Gasteiger partial charge in [0.25, 0.3) is 0 Å². The van der Waals surface area contributed by atoms with Crippen molar-refractivity contribution in [2.75, 3.05) is 6.26 Å². The van der Waals surface area contributed by atoms with Crippen LogP contribution in [-0.2, 0) is 15.2 Å². The van der Waals surface area contributed by atoms with Gasteiger partial charge in [-0.2, -0.15) is 0 Å². The molecule has 3 rings (SSSR count). The Labute approximate surface area is 126 Å². The summed E-state index contributed by atoms with van der Waals surface area (Å²) in [5, 5.41) is 9.05. The van der Waals surface area contributed by atoms with Crippen LogP contribution in [0.1, 0.15) is 24.7 Å². The van der Waals surface area contributed by atoms with Gasteiger partial charge in [-0.15, -0.1) is 10.2 Å². The molecule has 1 aromatic heterocycles. The Bertz CT molecular complexity index is 751. The standard InChI is InChI=1S/C13H14BrN3O2S/c1-20(18,19)11-4-2-3-9(7-11)13-16-15-12(8-14)17(13)10-5-6-10/h2-4,7,10H,5-6,8H2,1H3. The van der Waals surface area contributed by atoms with Crippen molar-refractivity contribution in [1.82, 2.24) is 14.8 Å². The molecule has 2 aromatic rings. The lowest BCUT2D eigenvalue weighted by atomic mass is 10.2. The normalized spacial score (nSPS) is 15.5. The summed E-state index contributed by atoms with van der Waals surface area (Å²) in [6, 6.07) is 7.31. The highest BCUT2D eigenvalue weighted by Gasteiger charge is 2.29. The molecule has 0 aliphatic heterocycles. The Morgan fingerprint density at radius 1 is 1.35 bits per heavy atom. The van der Waals surface area contributed by atoms with Crippen LogP contribution in [0.4, 0.5) is 0 Å². The highest BCUT2D eigenvalue weighted by Crippen LogP contribution is 2.39. The molecule has 1 aromatic carbocycles. The molecular weight excluding hydrogens is 342 g/mol. The monoisotopic (exact) mass is 355 g/mol. The van der Waals surface area contributed by atoms with E-state index in [4.69, 9.17) is 0 Å². The number of rotatable bonds is 4. The molecule has 20 heavy (non-hydrogen) atoms. The summed E-state index contributed by atoms with van der Waals surface area (Å²) in [7, 11) is -3.22. The minimum absolute atomic E-state index is 0.306. The smallest absolute Gasteiger partial charge is 0.175 e. The van der Waals surface area contributed by atoms with E-state index in [0.717, 1.165) is 30.1 Å². The fourth-order valence-corrected chi connectivity index (χ4v) is 3.24. The zero-order chi connectivity index (χ0) is 14.3. The number of hydrogen-bond donors (Lipinski definition) is 0. The molecule has 0 N–H and O–H groups in total. The Balaban J connectivity index is 2.12. The van der Waals surface area contributed by atoms with Crippen LogP contribution in [-0.4, -0.2) is 29.4 Å². The summed E-state index contributed by atoms with van der Waals surface area (Å²) in [5.41, 5.74) is 0.791. The lowest BCUT2D eigenvalue weighted by molar-refractivity contribution is 0.602. The second-order valence-corrected chi connectivity index (χ2v) is 7.55. The van der Waals surface area contributed by atoms with E-state index in [1.807, 2.05) is 6.07 Å². The topological polar surface area (TPSA) is 64.8 Å². The lowest BCUT2D eigenvalue weighted by Gasteiger charge is -2.08. The van der Waals surface area contributed by atoms with Crippen LogP contribution >= 0.6 is 15.9 Å². The molecule has 0 saturated heterocycles. The predicted molar refractivity (Wildman–Crippen MR) is 79.5 cm³/mol. The summed E-state index contributed by atoms with van der Waals surface area (Å²) >= 11 is 3.42. The second-order valence-electron chi connectivity index (χ2n) is 4.97. The minimum Gasteiger partial charge on any atom is -0.307 e. The van der Waals surface area contributed by atoms with Crippen molar-refractivity contribution in [2.45, 2.75) is 29.1 Å². The van der Waals surface area contributed by atoms with Gasteiger partial charge in [-0.3, -0.25) is 0 Å². The van der Waals surface area contributed by atoms with Crippen molar-refractivity contribution in [3.63, 3.8) is 0 Å². The molecule has 0 bridgehead atoms. The van der Waals surface area contributed by atoms with Crippen molar-refractivity contribution in [1.29, 1.82) is 0 Å². The number of benzene rings is 1. The molecule has 106 valence electrons. The average molecular weight is 356 g/mol. The van der Waals surface area contributed by atoms with Crippen LogP contribution < -0.4 is 0 Å². The van der Waals surface area contributed by atoms with E-state index in [1.54, 1.807) is 18.2 Å². The van der Waals surface area contributed by atoms with E-state index in [2.05, 4.69) is 30.7 Å². The van der Waals surface area contributed by atoms with Crippen LogP contribution in [0.25, 0.3) is 11.4 Å². The Hall–Kier alpha value is -1.21. The van der Waals surface area contributed by atoms with Gasteiger partial charge in [0.05, 0.1) is 10.2 Å². The van der Waals surface area contributed by atoms with Crippen molar-refractivity contribution in [3.8, 4) is 11.4 Å². The van der Waals surface area contributed by atoms with Crippen LogP contribution in [0.2, 0.25) is 0 Å². The van der Waals surface area contributed by atoms with Crippen LogP contribution in [0.3, 0.4) is 0 Å². The van der Waals surface area contributed by atoms with Crippen LogP contribution in [0.15, 0.2) is 29.2 Å². The molecule has 0 spiro atoms. The van der Waals surface area contributed by atoms with Crippen molar-refractivity contribution < 1.29 is 8.42 Å². The van der Waals surface area contributed by atoms with Gasteiger partial charge in [-0.25, -0.2) is 8.42 Å². The van der Waals surface area contributed by atoms with Gasteiger partial charge in [-0.05, 0) is 25.0 Å². The van der Waals surface area contributed by atoms with Crippen LogP contribution in [0.5, 0.6) is 0 Å². The molecule has 1 aliphatic rings. The van der Waals surface area contributed by atoms with Gasteiger partial charge in [-0.1, -0.05) is 28.1 Å². The summed E-state index contributed by atoms with van der Waals surface area (Å²) in [5.74, 6) is 1.62. The first kappa shape index (κ1) is 13.8. The number of halogens is 1. The first-order valence-corrected chi connectivity index (χ1v) is 9.32. The third-order valence-corrected chi connectivity index (χ3v) is 4.93. The Kier molecular flexibility index (Phi) is 3.41. The van der Waals surface area contributed by atoms with E-state index in [1.165, 1.54) is 6.26 Å². The van der Waals surface area contributed by atoms with E-state index >= 15 is 0 Å². The molecule has 0 unspecified atom stereocenters. The number of aromatic nitrogens is 3. The molecule has 0 radical (unpaired) electrons. The molecule has 5 nitrogen and oxygen atoms in total. The van der Waals surface area contributed by atoms with E-state index in [-0.39, 0.29) is 0 Å². The summed E-state index contributed by atoms with van der Waals surface area (Å²) in [6.45, 7) is 0. The zero-order valence-electron chi connectivity index (χ0n) is 11.0. The fraction of sp³-hybridized carbons (Fsp3) is 0.385.